The molecule has 2 atom stereocenters. The Morgan fingerprint density at radius 2 is 1.77 bits per heavy atom. The minimum absolute atomic E-state index is 0.0277. The molecule has 2 aromatic heterocycles. The molecular formula is C20H17N3O3. The highest BCUT2D eigenvalue weighted by atomic mass is 16.5. The fourth-order valence-corrected chi connectivity index (χ4v) is 4.64. The molecule has 26 heavy (non-hydrogen) atoms. The predicted molar refractivity (Wildman–Crippen MR) is 94.1 cm³/mol. The van der Waals surface area contributed by atoms with Crippen molar-refractivity contribution in [2.75, 3.05) is 0 Å². The predicted octanol–water partition coefficient (Wildman–Crippen LogP) is 3.56. The Labute approximate surface area is 149 Å². The number of hydrogen-bond acceptors (Lipinski definition) is 5. The van der Waals surface area contributed by atoms with E-state index in [9.17, 15) is 15.5 Å². The van der Waals surface area contributed by atoms with Gasteiger partial charge in [0, 0.05) is 11.6 Å². The fraction of sp³-hybridized carbons (Fsp3) is 0.300. The summed E-state index contributed by atoms with van der Waals surface area (Å²) in [5.41, 5.74) is 1.68. The van der Waals surface area contributed by atoms with Gasteiger partial charge >= 0.3 is 0 Å². The highest BCUT2D eigenvalue weighted by molar-refractivity contribution is 5.91. The van der Waals surface area contributed by atoms with E-state index in [0.29, 0.717) is 33.3 Å². The molecule has 6 heteroatoms. The van der Waals surface area contributed by atoms with Gasteiger partial charge in [-0.25, -0.2) is 4.57 Å². The number of rotatable bonds is 1. The van der Waals surface area contributed by atoms with E-state index in [1.54, 1.807) is 24.4 Å². The van der Waals surface area contributed by atoms with E-state index in [2.05, 4.69) is 11.1 Å². The first-order valence-electron chi connectivity index (χ1n) is 8.55. The lowest BCUT2D eigenvalue weighted by Gasteiger charge is -2.21. The van der Waals surface area contributed by atoms with Crippen LogP contribution in [0.25, 0.3) is 16.6 Å². The molecule has 0 radical (unpaired) electrons. The Bertz CT molecular complexity index is 1100. The minimum Gasteiger partial charge on any atom is -0.494 e. The first-order chi connectivity index (χ1) is 12.4. The van der Waals surface area contributed by atoms with Gasteiger partial charge in [0.15, 0.2) is 0 Å². The van der Waals surface area contributed by atoms with Crippen molar-refractivity contribution in [1.29, 1.82) is 5.26 Å². The topological polar surface area (TPSA) is 91.3 Å². The number of ether oxygens (including phenoxy) is 1. The van der Waals surface area contributed by atoms with Gasteiger partial charge in [0.2, 0.25) is 11.8 Å². The monoisotopic (exact) mass is 347 g/mol. The Balaban J connectivity index is 1.86. The molecular weight excluding hydrogens is 330 g/mol. The second-order valence-corrected chi connectivity index (χ2v) is 7.44. The van der Waals surface area contributed by atoms with Crippen LogP contribution in [0.15, 0.2) is 30.5 Å². The molecule has 4 heterocycles. The highest BCUT2D eigenvalue weighted by Crippen LogP contribution is 2.64. The summed E-state index contributed by atoms with van der Waals surface area (Å²) in [6, 6.07) is 9.11. The third kappa shape index (κ3) is 1.61. The molecule has 6 nitrogen and oxygen atoms in total. The van der Waals surface area contributed by atoms with E-state index in [1.807, 2.05) is 19.9 Å². The average molecular weight is 347 g/mol. The molecule has 5 rings (SSSR count). The molecule has 2 N–H and O–H groups in total. The van der Waals surface area contributed by atoms with E-state index in [1.165, 1.54) is 4.57 Å². The van der Waals surface area contributed by atoms with Crippen LogP contribution in [0.5, 0.6) is 11.8 Å². The molecule has 2 aliphatic heterocycles. The standard InChI is InChI=1S/C20H17N3O3/c1-19-7-8-20(2,26-19)15-14(19)17(24)23(18(15)25)13-6-5-11(10-21)12-4-3-9-22-16(12)13/h3-6,9,24-25H,7-8H2,1-2H3/t19-,20+. The van der Waals surface area contributed by atoms with E-state index >= 15 is 0 Å². The summed E-state index contributed by atoms with van der Waals surface area (Å²) >= 11 is 0. The fourth-order valence-electron chi connectivity index (χ4n) is 4.64. The second kappa shape index (κ2) is 4.57. The van der Waals surface area contributed by atoms with Crippen molar-refractivity contribution in [3.05, 3.63) is 47.2 Å². The SMILES string of the molecule is C[C@]12CC[C@](C)(O1)c1c2c(O)n(-c2ccc(C#N)c3cccnc23)c1O. The molecule has 0 aliphatic carbocycles. The Hall–Kier alpha value is -3.04. The van der Waals surface area contributed by atoms with Crippen molar-refractivity contribution in [2.24, 2.45) is 0 Å². The van der Waals surface area contributed by atoms with Gasteiger partial charge in [-0.2, -0.15) is 5.26 Å². The second-order valence-electron chi connectivity index (χ2n) is 7.44. The maximum absolute atomic E-state index is 11.0. The van der Waals surface area contributed by atoms with Gasteiger partial charge in [-0.1, -0.05) is 0 Å². The zero-order chi connectivity index (χ0) is 18.3. The summed E-state index contributed by atoms with van der Waals surface area (Å²) in [6.45, 7) is 3.89. The highest BCUT2D eigenvalue weighted by Gasteiger charge is 2.59. The minimum atomic E-state index is -0.604. The van der Waals surface area contributed by atoms with Crippen LogP contribution in [0, 0.1) is 11.3 Å². The first-order valence-corrected chi connectivity index (χ1v) is 8.55. The number of aromatic nitrogens is 2. The molecule has 0 unspecified atom stereocenters. The summed E-state index contributed by atoms with van der Waals surface area (Å²) in [5.74, 6) is -0.0554. The quantitative estimate of drug-likeness (QED) is 0.702. The molecule has 0 saturated carbocycles. The smallest absolute Gasteiger partial charge is 0.205 e. The van der Waals surface area contributed by atoms with Gasteiger partial charge in [-0.05, 0) is 51.0 Å². The maximum atomic E-state index is 11.0. The van der Waals surface area contributed by atoms with E-state index < -0.39 is 11.2 Å². The lowest BCUT2D eigenvalue weighted by Crippen LogP contribution is -2.17. The van der Waals surface area contributed by atoms with Gasteiger partial charge in [0.25, 0.3) is 0 Å². The van der Waals surface area contributed by atoms with Gasteiger partial charge < -0.3 is 14.9 Å². The summed E-state index contributed by atoms with van der Waals surface area (Å²) in [4.78, 5) is 4.39. The van der Waals surface area contributed by atoms with Gasteiger partial charge in [0.05, 0.1) is 45.2 Å². The van der Waals surface area contributed by atoms with Crippen LogP contribution >= 0.6 is 0 Å². The lowest BCUT2D eigenvalue weighted by molar-refractivity contribution is -0.0683. The van der Waals surface area contributed by atoms with E-state index in [-0.39, 0.29) is 11.8 Å². The summed E-state index contributed by atoms with van der Waals surface area (Å²) in [5, 5.41) is 32.0. The molecule has 2 aliphatic rings. The number of aromatic hydroxyl groups is 2. The number of hydrogen-bond donors (Lipinski definition) is 2. The van der Waals surface area contributed by atoms with Gasteiger partial charge in [-0.3, -0.25) is 4.98 Å². The molecule has 1 aromatic carbocycles. The molecule has 0 spiro atoms. The molecule has 3 aromatic rings. The van der Waals surface area contributed by atoms with Crippen molar-refractivity contribution >= 4 is 10.9 Å². The van der Waals surface area contributed by atoms with Crippen LogP contribution in [0.2, 0.25) is 0 Å². The summed E-state index contributed by atoms with van der Waals surface area (Å²) in [6.07, 6.45) is 3.22. The Morgan fingerprint density at radius 1 is 1.12 bits per heavy atom. The number of nitrogens with zero attached hydrogens (tertiary/aromatic N) is 3. The van der Waals surface area contributed by atoms with E-state index in [4.69, 9.17) is 4.74 Å². The normalized spacial score (nSPS) is 26.2. The Morgan fingerprint density at radius 3 is 2.38 bits per heavy atom. The van der Waals surface area contributed by atoms with Crippen LogP contribution in [-0.4, -0.2) is 19.8 Å². The van der Waals surface area contributed by atoms with Gasteiger partial charge in [-0.15, -0.1) is 0 Å². The van der Waals surface area contributed by atoms with E-state index in [0.717, 1.165) is 12.8 Å². The van der Waals surface area contributed by atoms with Crippen molar-refractivity contribution < 1.29 is 14.9 Å². The molecule has 2 bridgehead atoms. The van der Waals surface area contributed by atoms with Crippen molar-refractivity contribution in [3.8, 4) is 23.5 Å². The third-order valence-electron chi connectivity index (χ3n) is 5.82. The molecule has 130 valence electrons. The summed E-state index contributed by atoms with van der Waals surface area (Å²) in [7, 11) is 0. The Kier molecular flexibility index (Phi) is 2.68. The van der Waals surface area contributed by atoms with Crippen molar-refractivity contribution in [1.82, 2.24) is 9.55 Å². The third-order valence-corrected chi connectivity index (χ3v) is 5.82. The van der Waals surface area contributed by atoms with Gasteiger partial charge in [0.1, 0.15) is 0 Å². The average Bonchev–Trinajstić information content (AvgIpc) is 3.18. The summed E-state index contributed by atoms with van der Waals surface area (Å²) < 4.78 is 7.56. The number of fused-ring (bicyclic) bond motifs is 6. The number of pyridine rings is 1. The van der Waals surface area contributed by atoms with Crippen molar-refractivity contribution in [3.63, 3.8) is 0 Å². The number of nitriles is 1. The largest absolute Gasteiger partial charge is 0.494 e. The van der Waals surface area contributed by atoms with Crippen molar-refractivity contribution in [2.45, 2.75) is 37.9 Å². The van der Waals surface area contributed by atoms with Crippen LogP contribution in [-0.2, 0) is 15.9 Å². The maximum Gasteiger partial charge on any atom is 0.205 e. The van der Waals surface area contributed by atoms with Crippen LogP contribution in [0.4, 0.5) is 0 Å². The van der Waals surface area contributed by atoms with Crippen LogP contribution < -0.4 is 0 Å². The van der Waals surface area contributed by atoms with Crippen LogP contribution in [0.1, 0.15) is 43.4 Å². The zero-order valence-electron chi connectivity index (χ0n) is 14.4. The number of benzene rings is 1. The zero-order valence-corrected chi connectivity index (χ0v) is 14.4. The molecule has 0 amide bonds. The van der Waals surface area contributed by atoms with Crippen LogP contribution in [0.3, 0.4) is 0 Å². The molecule has 1 saturated heterocycles. The lowest BCUT2D eigenvalue weighted by atomic mass is 9.80. The molecule has 1 fully saturated rings. The first kappa shape index (κ1) is 15.2.